The molecule has 0 saturated heterocycles. The number of alkyl halides is 3. The minimum atomic E-state index is -4.66. The van der Waals surface area contributed by atoms with E-state index in [0.29, 0.717) is 5.92 Å². The molecule has 0 spiro atoms. The summed E-state index contributed by atoms with van der Waals surface area (Å²) in [5.74, 6) is 0.188. The molecule has 1 N–H and O–H groups in total. The summed E-state index contributed by atoms with van der Waals surface area (Å²) >= 11 is 0. The van der Waals surface area contributed by atoms with Crippen molar-refractivity contribution in [1.82, 2.24) is 5.32 Å². The highest BCUT2D eigenvalue weighted by atomic mass is 19.4. The van der Waals surface area contributed by atoms with E-state index in [1.54, 1.807) is 6.07 Å². The van der Waals surface area contributed by atoms with Crippen LogP contribution in [-0.4, -0.2) is 13.4 Å². The van der Waals surface area contributed by atoms with E-state index in [1.807, 2.05) is 13.1 Å². The Morgan fingerprint density at radius 1 is 1.14 bits per heavy atom. The average molecular weight is 301 g/mol. The molecular weight excluding hydrogens is 279 g/mol. The van der Waals surface area contributed by atoms with Crippen molar-refractivity contribution < 1.29 is 17.9 Å². The molecule has 0 heterocycles. The van der Waals surface area contributed by atoms with E-state index in [9.17, 15) is 13.2 Å². The Morgan fingerprint density at radius 3 is 2.14 bits per heavy atom. The first-order valence-corrected chi connectivity index (χ1v) is 7.03. The lowest BCUT2D eigenvalue weighted by Crippen LogP contribution is -2.22. The van der Waals surface area contributed by atoms with E-state index in [1.165, 1.54) is 12.1 Å². The molecule has 1 fully saturated rings. The molecule has 1 saturated carbocycles. The quantitative estimate of drug-likeness (QED) is 0.882. The molecule has 0 bridgehead atoms. The van der Waals surface area contributed by atoms with Gasteiger partial charge in [-0.25, -0.2) is 0 Å². The van der Waals surface area contributed by atoms with E-state index in [4.69, 9.17) is 0 Å². The molecule has 1 aromatic carbocycles. The van der Waals surface area contributed by atoms with Crippen molar-refractivity contribution in [3.63, 3.8) is 0 Å². The van der Waals surface area contributed by atoms with Crippen LogP contribution in [0.5, 0.6) is 5.75 Å². The zero-order valence-electron chi connectivity index (χ0n) is 13.0. The molecule has 1 unspecified atom stereocenters. The average Bonchev–Trinajstić information content (AvgIpc) is 2.71. The third-order valence-corrected chi connectivity index (χ3v) is 5.23. The van der Waals surface area contributed by atoms with Crippen molar-refractivity contribution in [2.45, 2.75) is 40.1 Å². The maximum atomic E-state index is 12.3. The molecule has 1 aromatic rings. The molecule has 0 amide bonds. The van der Waals surface area contributed by atoms with Gasteiger partial charge in [0.1, 0.15) is 5.75 Å². The van der Waals surface area contributed by atoms with Gasteiger partial charge in [0.25, 0.3) is 0 Å². The van der Waals surface area contributed by atoms with Crippen molar-refractivity contribution in [1.29, 1.82) is 0 Å². The Hall–Kier alpha value is -1.23. The van der Waals surface area contributed by atoms with Crippen LogP contribution in [0.2, 0.25) is 0 Å². The fourth-order valence-electron chi connectivity index (χ4n) is 3.51. The highest BCUT2D eigenvalue weighted by Crippen LogP contribution is 2.72. The van der Waals surface area contributed by atoms with Crippen molar-refractivity contribution in [2.24, 2.45) is 16.7 Å². The first kappa shape index (κ1) is 16.1. The van der Waals surface area contributed by atoms with Crippen LogP contribution in [0, 0.1) is 16.7 Å². The molecule has 118 valence electrons. The molecule has 21 heavy (non-hydrogen) atoms. The molecule has 0 radical (unpaired) electrons. The summed E-state index contributed by atoms with van der Waals surface area (Å²) in [6.07, 6.45) is -4.66. The molecule has 1 aliphatic carbocycles. The second kappa shape index (κ2) is 4.90. The lowest BCUT2D eigenvalue weighted by molar-refractivity contribution is -0.274. The van der Waals surface area contributed by atoms with E-state index < -0.39 is 6.36 Å². The third-order valence-electron chi connectivity index (χ3n) is 5.23. The van der Waals surface area contributed by atoms with Crippen LogP contribution in [0.15, 0.2) is 24.3 Å². The van der Waals surface area contributed by atoms with Gasteiger partial charge in [0, 0.05) is 6.04 Å². The number of halogens is 3. The summed E-state index contributed by atoms with van der Waals surface area (Å²) in [6.45, 7) is 8.77. The van der Waals surface area contributed by atoms with Crippen LogP contribution < -0.4 is 10.1 Å². The van der Waals surface area contributed by atoms with Gasteiger partial charge in [-0.3, -0.25) is 0 Å². The zero-order chi connectivity index (χ0) is 16.1. The summed E-state index contributed by atoms with van der Waals surface area (Å²) in [5, 5.41) is 3.24. The van der Waals surface area contributed by atoms with E-state index >= 15 is 0 Å². The molecule has 5 heteroatoms. The molecule has 2 rings (SSSR count). The summed E-state index contributed by atoms with van der Waals surface area (Å²) in [4.78, 5) is 0. The van der Waals surface area contributed by atoms with Crippen LogP contribution in [0.4, 0.5) is 13.2 Å². The molecule has 1 aliphatic rings. The summed E-state index contributed by atoms with van der Waals surface area (Å²) in [5.41, 5.74) is 1.10. The number of nitrogens with one attached hydrogen (secondary N) is 1. The monoisotopic (exact) mass is 301 g/mol. The van der Waals surface area contributed by atoms with E-state index in [2.05, 4.69) is 37.7 Å². The SMILES string of the molecule is CNC(c1cccc(OC(F)(F)F)c1)C1C(C)(C)C1(C)C. The minimum absolute atomic E-state index is 0.00628. The van der Waals surface area contributed by atoms with Crippen molar-refractivity contribution >= 4 is 0 Å². The van der Waals surface area contributed by atoms with Crippen LogP contribution in [-0.2, 0) is 0 Å². The summed E-state index contributed by atoms with van der Waals surface area (Å²) in [6, 6.07) is 6.25. The molecule has 2 nitrogen and oxygen atoms in total. The first-order chi connectivity index (χ1) is 9.50. The summed E-state index contributed by atoms with van der Waals surface area (Å²) < 4.78 is 41.0. The lowest BCUT2D eigenvalue weighted by atomic mass is 9.96. The smallest absolute Gasteiger partial charge is 0.406 e. The van der Waals surface area contributed by atoms with Crippen molar-refractivity contribution in [3.05, 3.63) is 29.8 Å². The second-order valence-electron chi connectivity index (χ2n) is 6.81. The molecular formula is C16H22F3NO. The van der Waals surface area contributed by atoms with Crippen molar-refractivity contribution in [2.75, 3.05) is 7.05 Å². The van der Waals surface area contributed by atoms with Gasteiger partial charge in [0.15, 0.2) is 0 Å². The Kier molecular flexibility index (Phi) is 3.77. The van der Waals surface area contributed by atoms with Crippen LogP contribution in [0.3, 0.4) is 0 Å². The number of rotatable bonds is 4. The fraction of sp³-hybridized carbons (Fsp3) is 0.625. The highest BCUT2D eigenvalue weighted by Gasteiger charge is 2.67. The van der Waals surface area contributed by atoms with Gasteiger partial charge in [-0.1, -0.05) is 39.8 Å². The van der Waals surface area contributed by atoms with Crippen molar-refractivity contribution in [3.8, 4) is 5.75 Å². The predicted molar refractivity (Wildman–Crippen MR) is 76.0 cm³/mol. The largest absolute Gasteiger partial charge is 0.573 e. The molecule has 0 aromatic heterocycles. The Morgan fingerprint density at radius 2 is 1.71 bits per heavy atom. The maximum absolute atomic E-state index is 12.3. The van der Waals surface area contributed by atoms with Gasteiger partial charge in [0.2, 0.25) is 0 Å². The van der Waals surface area contributed by atoms with Crippen LogP contribution in [0.25, 0.3) is 0 Å². The standard InChI is InChI=1S/C16H22F3NO/c1-14(2)13(15(14,3)4)12(20-5)10-7-6-8-11(9-10)21-16(17,18)19/h6-9,12-13,20H,1-5H3. The number of benzene rings is 1. The highest BCUT2D eigenvalue weighted by molar-refractivity contribution is 5.34. The number of hydrogen-bond acceptors (Lipinski definition) is 2. The second-order valence-corrected chi connectivity index (χ2v) is 6.81. The zero-order valence-corrected chi connectivity index (χ0v) is 13.0. The van der Waals surface area contributed by atoms with Gasteiger partial charge < -0.3 is 10.1 Å². The van der Waals surface area contributed by atoms with Crippen LogP contribution >= 0.6 is 0 Å². The fourth-order valence-corrected chi connectivity index (χ4v) is 3.51. The van der Waals surface area contributed by atoms with Gasteiger partial charge in [-0.15, -0.1) is 13.2 Å². The summed E-state index contributed by atoms with van der Waals surface area (Å²) in [7, 11) is 1.84. The maximum Gasteiger partial charge on any atom is 0.573 e. The lowest BCUT2D eigenvalue weighted by Gasteiger charge is -2.20. The van der Waals surface area contributed by atoms with Crippen LogP contribution in [0.1, 0.15) is 39.3 Å². The van der Waals surface area contributed by atoms with Gasteiger partial charge in [0.05, 0.1) is 0 Å². The Labute approximate surface area is 123 Å². The van der Waals surface area contributed by atoms with E-state index in [0.717, 1.165) is 5.56 Å². The van der Waals surface area contributed by atoms with Gasteiger partial charge in [-0.05, 0) is 41.5 Å². The Bertz CT molecular complexity index is 508. The molecule has 1 atom stereocenters. The topological polar surface area (TPSA) is 21.3 Å². The Balaban J connectivity index is 2.27. The number of ether oxygens (including phenoxy) is 1. The predicted octanol–water partition coefficient (Wildman–Crippen LogP) is 4.53. The van der Waals surface area contributed by atoms with Gasteiger partial charge >= 0.3 is 6.36 Å². The minimum Gasteiger partial charge on any atom is -0.406 e. The number of hydrogen-bond donors (Lipinski definition) is 1. The van der Waals surface area contributed by atoms with Gasteiger partial charge in [-0.2, -0.15) is 0 Å². The molecule has 0 aliphatic heterocycles. The van der Waals surface area contributed by atoms with E-state index in [-0.39, 0.29) is 22.6 Å². The first-order valence-electron chi connectivity index (χ1n) is 7.03. The third kappa shape index (κ3) is 2.89. The normalized spacial score (nSPS) is 21.9.